The minimum absolute atomic E-state index is 0.0180. The standard InChI is InChI=1S/C17H17N3/c1-13(18)16-9-5-6-10-17(16)20-12-15(11-19-20)14-7-3-2-4-8-14/h2-13H,18H2,1H3. The SMILES string of the molecule is CC(N)c1ccccc1-n1cc(-c2ccccc2)cn1. The molecule has 20 heavy (non-hydrogen) atoms. The number of hydrogen-bond donors (Lipinski definition) is 1. The van der Waals surface area contributed by atoms with E-state index in [1.54, 1.807) is 0 Å². The van der Waals surface area contributed by atoms with Gasteiger partial charge in [0, 0.05) is 17.8 Å². The normalized spacial score (nSPS) is 12.3. The van der Waals surface area contributed by atoms with Gasteiger partial charge in [0.15, 0.2) is 0 Å². The van der Waals surface area contributed by atoms with Crippen LogP contribution in [0.3, 0.4) is 0 Å². The first kappa shape index (κ1) is 12.6. The van der Waals surface area contributed by atoms with Gasteiger partial charge in [0.1, 0.15) is 0 Å². The summed E-state index contributed by atoms with van der Waals surface area (Å²) in [4.78, 5) is 0. The lowest BCUT2D eigenvalue weighted by Crippen LogP contribution is -2.09. The molecule has 3 nitrogen and oxygen atoms in total. The number of nitrogens with zero attached hydrogens (tertiary/aromatic N) is 2. The van der Waals surface area contributed by atoms with Crippen LogP contribution in [-0.4, -0.2) is 9.78 Å². The molecule has 3 rings (SSSR count). The fourth-order valence-corrected chi connectivity index (χ4v) is 2.32. The van der Waals surface area contributed by atoms with Crippen molar-refractivity contribution < 1.29 is 0 Å². The van der Waals surface area contributed by atoms with Crippen molar-refractivity contribution in [1.29, 1.82) is 0 Å². The Labute approximate surface area is 118 Å². The summed E-state index contributed by atoms with van der Waals surface area (Å²) in [6.07, 6.45) is 3.92. The molecule has 1 atom stereocenters. The molecule has 2 aromatic carbocycles. The van der Waals surface area contributed by atoms with Gasteiger partial charge in [-0.1, -0.05) is 48.5 Å². The molecule has 3 heteroatoms. The Morgan fingerprint density at radius 3 is 2.40 bits per heavy atom. The van der Waals surface area contributed by atoms with Crippen molar-refractivity contribution in [3.63, 3.8) is 0 Å². The summed E-state index contributed by atoms with van der Waals surface area (Å²) in [5.74, 6) is 0. The third kappa shape index (κ3) is 2.36. The van der Waals surface area contributed by atoms with Gasteiger partial charge in [0.2, 0.25) is 0 Å². The van der Waals surface area contributed by atoms with Crippen LogP contribution in [0.1, 0.15) is 18.5 Å². The molecule has 0 aliphatic rings. The van der Waals surface area contributed by atoms with Gasteiger partial charge in [-0.2, -0.15) is 5.10 Å². The smallest absolute Gasteiger partial charge is 0.0693 e. The van der Waals surface area contributed by atoms with E-state index in [2.05, 4.69) is 17.2 Å². The van der Waals surface area contributed by atoms with Crippen molar-refractivity contribution in [1.82, 2.24) is 9.78 Å². The van der Waals surface area contributed by atoms with E-state index >= 15 is 0 Å². The summed E-state index contributed by atoms with van der Waals surface area (Å²) in [5, 5.41) is 4.47. The van der Waals surface area contributed by atoms with Gasteiger partial charge in [-0.15, -0.1) is 0 Å². The van der Waals surface area contributed by atoms with E-state index in [1.165, 1.54) is 0 Å². The van der Waals surface area contributed by atoms with Gasteiger partial charge < -0.3 is 5.73 Å². The zero-order valence-corrected chi connectivity index (χ0v) is 11.4. The molecule has 1 aromatic heterocycles. The van der Waals surface area contributed by atoms with E-state index in [1.807, 2.05) is 66.5 Å². The van der Waals surface area contributed by atoms with Crippen LogP contribution in [0.25, 0.3) is 16.8 Å². The highest BCUT2D eigenvalue weighted by molar-refractivity contribution is 5.62. The molecule has 2 N–H and O–H groups in total. The lowest BCUT2D eigenvalue weighted by atomic mass is 10.1. The van der Waals surface area contributed by atoms with Gasteiger partial charge >= 0.3 is 0 Å². The Morgan fingerprint density at radius 1 is 0.950 bits per heavy atom. The molecule has 0 spiro atoms. The van der Waals surface area contributed by atoms with Gasteiger partial charge in [-0.3, -0.25) is 0 Å². The molecule has 0 aliphatic heterocycles. The molecular formula is C17H17N3. The lowest BCUT2D eigenvalue weighted by Gasteiger charge is -2.12. The van der Waals surface area contributed by atoms with Crippen LogP contribution >= 0.6 is 0 Å². The van der Waals surface area contributed by atoms with Crippen molar-refractivity contribution in [3.05, 3.63) is 72.6 Å². The topological polar surface area (TPSA) is 43.8 Å². The van der Waals surface area contributed by atoms with E-state index < -0.39 is 0 Å². The van der Waals surface area contributed by atoms with Gasteiger partial charge in [-0.25, -0.2) is 4.68 Å². The minimum atomic E-state index is -0.0180. The van der Waals surface area contributed by atoms with E-state index in [0.717, 1.165) is 22.4 Å². The fourth-order valence-electron chi connectivity index (χ4n) is 2.32. The molecular weight excluding hydrogens is 246 g/mol. The first-order chi connectivity index (χ1) is 9.75. The summed E-state index contributed by atoms with van der Waals surface area (Å²) in [5.41, 5.74) is 10.4. The second kappa shape index (κ2) is 5.31. The third-order valence-electron chi connectivity index (χ3n) is 3.36. The summed E-state index contributed by atoms with van der Waals surface area (Å²) >= 11 is 0. The molecule has 1 heterocycles. The highest BCUT2D eigenvalue weighted by Gasteiger charge is 2.09. The Kier molecular flexibility index (Phi) is 3.35. The number of benzene rings is 2. The van der Waals surface area contributed by atoms with Gasteiger partial charge in [0.05, 0.1) is 11.9 Å². The fraction of sp³-hybridized carbons (Fsp3) is 0.118. The molecule has 0 amide bonds. The number of aromatic nitrogens is 2. The Morgan fingerprint density at radius 2 is 1.65 bits per heavy atom. The summed E-state index contributed by atoms with van der Waals surface area (Å²) in [7, 11) is 0. The second-order valence-electron chi connectivity index (χ2n) is 4.89. The maximum absolute atomic E-state index is 6.03. The van der Waals surface area contributed by atoms with Crippen molar-refractivity contribution in [3.8, 4) is 16.8 Å². The zero-order chi connectivity index (χ0) is 13.9. The molecule has 3 aromatic rings. The first-order valence-electron chi connectivity index (χ1n) is 6.70. The first-order valence-corrected chi connectivity index (χ1v) is 6.70. The van der Waals surface area contributed by atoms with E-state index in [9.17, 15) is 0 Å². The minimum Gasteiger partial charge on any atom is -0.324 e. The number of hydrogen-bond acceptors (Lipinski definition) is 2. The van der Waals surface area contributed by atoms with E-state index in [-0.39, 0.29) is 6.04 Å². The summed E-state index contributed by atoms with van der Waals surface area (Å²) < 4.78 is 1.89. The van der Waals surface area contributed by atoms with Gasteiger partial charge in [-0.05, 0) is 24.1 Å². The number of rotatable bonds is 3. The average Bonchev–Trinajstić information content (AvgIpc) is 2.98. The van der Waals surface area contributed by atoms with Crippen LogP contribution in [0.5, 0.6) is 0 Å². The monoisotopic (exact) mass is 263 g/mol. The average molecular weight is 263 g/mol. The third-order valence-corrected chi connectivity index (χ3v) is 3.36. The van der Waals surface area contributed by atoms with Crippen LogP contribution in [0.2, 0.25) is 0 Å². The Bertz CT molecular complexity index is 699. The van der Waals surface area contributed by atoms with E-state index in [4.69, 9.17) is 5.73 Å². The summed E-state index contributed by atoms with van der Waals surface area (Å²) in [6, 6.07) is 18.3. The number of para-hydroxylation sites is 1. The Hall–Kier alpha value is -2.39. The largest absolute Gasteiger partial charge is 0.324 e. The number of nitrogens with two attached hydrogens (primary N) is 1. The summed E-state index contributed by atoms with van der Waals surface area (Å²) in [6.45, 7) is 1.99. The highest BCUT2D eigenvalue weighted by Crippen LogP contribution is 2.23. The molecule has 0 fully saturated rings. The predicted molar refractivity (Wildman–Crippen MR) is 81.6 cm³/mol. The van der Waals surface area contributed by atoms with Crippen LogP contribution < -0.4 is 5.73 Å². The highest BCUT2D eigenvalue weighted by atomic mass is 15.3. The van der Waals surface area contributed by atoms with Crippen LogP contribution in [0, 0.1) is 0 Å². The maximum atomic E-state index is 6.03. The molecule has 0 aliphatic carbocycles. The van der Waals surface area contributed by atoms with Gasteiger partial charge in [0.25, 0.3) is 0 Å². The second-order valence-corrected chi connectivity index (χ2v) is 4.89. The molecule has 0 bridgehead atoms. The molecule has 100 valence electrons. The molecule has 1 unspecified atom stereocenters. The van der Waals surface area contributed by atoms with Crippen molar-refractivity contribution >= 4 is 0 Å². The lowest BCUT2D eigenvalue weighted by molar-refractivity contribution is 0.781. The van der Waals surface area contributed by atoms with Crippen molar-refractivity contribution in [2.45, 2.75) is 13.0 Å². The Balaban J connectivity index is 2.03. The van der Waals surface area contributed by atoms with Crippen LogP contribution in [-0.2, 0) is 0 Å². The molecule has 0 saturated heterocycles. The maximum Gasteiger partial charge on any atom is 0.0693 e. The zero-order valence-electron chi connectivity index (χ0n) is 11.4. The van der Waals surface area contributed by atoms with Crippen LogP contribution in [0.4, 0.5) is 0 Å². The van der Waals surface area contributed by atoms with Crippen LogP contribution in [0.15, 0.2) is 67.0 Å². The molecule has 0 saturated carbocycles. The predicted octanol–water partition coefficient (Wildman–Crippen LogP) is 3.56. The quantitative estimate of drug-likeness (QED) is 0.785. The van der Waals surface area contributed by atoms with Crippen molar-refractivity contribution in [2.24, 2.45) is 5.73 Å². The van der Waals surface area contributed by atoms with E-state index in [0.29, 0.717) is 0 Å². The molecule has 0 radical (unpaired) electrons. The van der Waals surface area contributed by atoms with Crippen molar-refractivity contribution in [2.75, 3.05) is 0 Å².